The number of carbonyl (C=O) groups excluding carboxylic acids is 1. The third kappa shape index (κ3) is 3.50. The Morgan fingerprint density at radius 1 is 1.27 bits per heavy atom. The monoisotopic (exact) mass is 424 g/mol. The number of rotatable bonds is 4. The second-order valence-corrected chi connectivity index (χ2v) is 9.72. The Morgan fingerprint density at radius 3 is 2.77 bits per heavy atom. The summed E-state index contributed by atoms with van der Waals surface area (Å²) in [5.74, 6) is -0.646. The molecule has 0 spiro atoms. The zero-order valence-corrected chi connectivity index (χ0v) is 17.7. The quantitative estimate of drug-likeness (QED) is 0.596. The van der Waals surface area contributed by atoms with Gasteiger partial charge in [-0.15, -0.1) is 0 Å². The maximum absolute atomic E-state index is 14.1. The average Bonchev–Trinajstić information content (AvgIpc) is 3.14. The normalized spacial score (nSPS) is 17.3. The number of hydrogen-bond donors (Lipinski definition) is 1. The summed E-state index contributed by atoms with van der Waals surface area (Å²) in [6.45, 7) is 3.75. The molecule has 1 aliphatic carbocycles. The van der Waals surface area contributed by atoms with Gasteiger partial charge in [0.15, 0.2) is 15.6 Å². The van der Waals surface area contributed by atoms with E-state index in [2.05, 4.69) is 9.97 Å². The molecule has 5 nitrogen and oxygen atoms in total. The van der Waals surface area contributed by atoms with Crippen LogP contribution in [0.1, 0.15) is 30.6 Å². The Kier molecular flexibility index (Phi) is 4.94. The van der Waals surface area contributed by atoms with Crippen LogP contribution in [0.4, 0.5) is 4.39 Å². The Morgan fingerprint density at radius 2 is 2.03 bits per heavy atom. The second-order valence-electron chi connectivity index (χ2n) is 7.71. The van der Waals surface area contributed by atoms with E-state index in [4.69, 9.17) is 0 Å². The molecule has 0 amide bonds. The van der Waals surface area contributed by atoms with E-state index in [1.165, 1.54) is 12.1 Å². The number of fused-ring (bicyclic) bond motifs is 1. The molecule has 0 saturated carbocycles. The summed E-state index contributed by atoms with van der Waals surface area (Å²) in [6, 6.07) is 8.32. The lowest BCUT2D eigenvalue weighted by molar-refractivity contribution is 0.103. The fourth-order valence-electron chi connectivity index (χ4n) is 3.80. The number of H-pyrrole nitrogens is 1. The van der Waals surface area contributed by atoms with Gasteiger partial charge in [0.1, 0.15) is 11.5 Å². The van der Waals surface area contributed by atoms with Crippen molar-refractivity contribution < 1.29 is 17.6 Å². The van der Waals surface area contributed by atoms with Gasteiger partial charge in [0.25, 0.3) is 0 Å². The number of Topliss-reactive ketones (excluding diaryl/α,β-unsaturated/α-hetero) is 1. The van der Waals surface area contributed by atoms with E-state index >= 15 is 0 Å². The number of allylic oxidation sites excluding steroid dienone is 4. The van der Waals surface area contributed by atoms with Crippen molar-refractivity contribution in [1.29, 1.82) is 0 Å². The SMILES string of the molecule is CC1=C(C(=O)c2c[nH]c3nccc(-c4cccc(S(C)(=O)=O)c4)c23)C=C(F)CC1C. The van der Waals surface area contributed by atoms with Crippen LogP contribution in [0, 0.1) is 5.92 Å². The van der Waals surface area contributed by atoms with E-state index in [1.54, 1.807) is 36.7 Å². The Labute approximate surface area is 174 Å². The molecule has 2 heterocycles. The number of ketones is 1. The maximum atomic E-state index is 14.1. The maximum Gasteiger partial charge on any atom is 0.195 e. The van der Waals surface area contributed by atoms with E-state index in [1.807, 2.05) is 13.8 Å². The van der Waals surface area contributed by atoms with Crippen molar-refractivity contribution in [1.82, 2.24) is 9.97 Å². The summed E-state index contributed by atoms with van der Waals surface area (Å²) in [6.07, 6.45) is 5.94. The van der Waals surface area contributed by atoms with Crippen LogP contribution >= 0.6 is 0 Å². The molecule has 0 radical (unpaired) electrons. The minimum absolute atomic E-state index is 0.0526. The van der Waals surface area contributed by atoms with E-state index in [-0.39, 0.29) is 22.4 Å². The molecule has 0 bridgehead atoms. The molecule has 1 unspecified atom stereocenters. The van der Waals surface area contributed by atoms with Crippen LogP contribution < -0.4 is 0 Å². The second kappa shape index (κ2) is 7.32. The van der Waals surface area contributed by atoms with Crippen molar-refractivity contribution in [3.63, 3.8) is 0 Å². The van der Waals surface area contributed by atoms with Gasteiger partial charge in [-0.05, 0) is 48.2 Å². The lowest BCUT2D eigenvalue weighted by Crippen LogP contribution is -2.12. The molecule has 0 aliphatic heterocycles. The number of carbonyl (C=O) groups is 1. The van der Waals surface area contributed by atoms with E-state index in [0.717, 1.165) is 11.8 Å². The first-order chi connectivity index (χ1) is 14.2. The summed E-state index contributed by atoms with van der Waals surface area (Å²) in [5, 5.41) is 0.584. The number of aromatic nitrogens is 2. The van der Waals surface area contributed by atoms with E-state index in [0.29, 0.717) is 39.7 Å². The average molecular weight is 424 g/mol. The van der Waals surface area contributed by atoms with Crippen LogP contribution in [0.5, 0.6) is 0 Å². The molecule has 1 aromatic carbocycles. The van der Waals surface area contributed by atoms with Crippen molar-refractivity contribution in [3.8, 4) is 11.1 Å². The summed E-state index contributed by atoms with van der Waals surface area (Å²) in [5.41, 5.74) is 3.43. The van der Waals surface area contributed by atoms with Gasteiger partial charge in [-0.3, -0.25) is 4.79 Å². The number of halogens is 1. The molecule has 3 aromatic rings. The molecular weight excluding hydrogens is 403 g/mol. The smallest absolute Gasteiger partial charge is 0.195 e. The number of nitrogens with one attached hydrogen (secondary N) is 1. The van der Waals surface area contributed by atoms with Crippen LogP contribution in [-0.4, -0.2) is 30.4 Å². The molecule has 2 aromatic heterocycles. The highest BCUT2D eigenvalue weighted by molar-refractivity contribution is 7.90. The number of pyridine rings is 1. The van der Waals surface area contributed by atoms with Crippen molar-refractivity contribution in [2.24, 2.45) is 5.92 Å². The lowest BCUT2D eigenvalue weighted by atomic mass is 9.85. The van der Waals surface area contributed by atoms with Crippen LogP contribution in [0.15, 0.2) is 70.7 Å². The van der Waals surface area contributed by atoms with Gasteiger partial charge >= 0.3 is 0 Å². The van der Waals surface area contributed by atoms with Crippen molar-refractivity contribution in [2.75, 3.05) is 6.26 Å². The van der Waals surface area contributed by atoms with Gasteiger partial charge < -0.3 is 4.98 Å². The van der Waals surface area contributed by atoms with Gasteiger partial charge in [-0.1, -0.05) is 24.6 Å². The summed E-state index contributed by atoms with van der Waals surface area (Å²) < 4.78 is 38.0. The highest BCUT2D eigenvalue weighted by Gasteiger charge is 2.25. The fourth-order valence-corrected chi connectivity index (χ4v) is 4.47. The fraction of sp³-hybridized carbons (Fsp3) is 0.217. The summed E-state index contributed by atoms with van der Waals surface area (Å²) in [7, 11) is -3.38. The molecule has 0 fully saturated rings. The Hall–Kier alpha value is -3.06. The largest absolute Gasteiger partial charge is 0.345 e. The highest BCUT2D eigenvalue weighted by atomic mass is 32.2. The van der Waals surface area contributed by atoms with Crippen LogP contribution in [0.2, 0.25) is 0 Å². The number of benzene rings is 1. The van der Waals surface area contributed by atoms with Gasteiger partial charge in [0.05, 0.1) is 10.5 Å². The van der Waals surface area contributed by atoms with Crippen LogP contribution in [0.3, 0.4) is 0 Å². The van der Waals surface area contributed by atoms with Gasteiger partial charge in [0, 0.05) is 36.0 Å². The van der Waals surface area contributed by atoms with Crippen molar-refractivity contribution in [3.05, 3.63) is 71.3 Å². The third-order valence-electron chi connectivity index (χ3n) is 5.60. The number of hydrogen-bond acceptors (Lipinski definition) is 4. The number of aromatic amines is 1. The van der Waals surface area contributed by atoms with Crippen molar-refractivity contribution in [2.45, 2.75) is 25.2 Å². The van der Waals surface area contributed by atoms with Crippen molar-refractivity contribution >= 4 is 26.7 Å². The van der Waals surface area contributed by atoms with Gasteiger partial charge in [0.2, 0.25) is 0 Å². The topological polar surface area (TPSA) is 79.9 Å². The summed E-state index contributed by atoms with van der Waals surface area (Å²) in [4.78, 5) is 20.9. The number of nitrogens with zero attached hydrogens (tertiary/aromatic N) is 1. The Bertz CT molecular complexity index is 1350. The Balaban J connectivity index is 1.92. The zero-order valence-electron chi connectivity index (χ0n) is 16.9. The first-order valence-electron chi connectivity index (χ1n) is 9.55. The number of sulfone groups is 1. The molecule has 30 heavy (non-hydrogen) atoms. The molecular formula is C23H21FN2O3S. The van der Waals surface area contributed by atoms with Crippen LogP contribution in [-0.2, 0) is 9.84 Å². The minimum atomic E-state index is -3.38. The molecule has 1 aliphatic rings. The molecule has 154 valence electrons. The first-order valence-corrected chi connectivity index (χ1v) is 11.4. The molecule has 1 atom stereocenters. The minimum Gasteiger partial charge on any atom is -0.345 e. The predicted molar refractivity (Wildman–Crippen MR) is 115 cm³/mol. The van der Waals surface area contributed by atoms with Gasteiger partial charge in [-0.2, -0.15) is 0 Å². The van der Waals surface area contributed by atoms with E-state index in [9.17, 15) is 17.6 Å². The standard InChI is InChI=1S/C23H21FN2O3S/c1-13-9-16(24)11-19(14(13)2)22(27)20-12-26-23-21(20)18(7-8-25-23)15-5-4-6-17(10-15)30(3,28)29/h4-8,10-13H,9H2,1-3H3,(H,25,26). The third-order valence-corrected chi connectivity index (χ3v) is 6.71. The molecule has 0 saturated heterocycles. The highest BCUT2D eigenvalue weighted by Crippen LogP contribution is 2.35. The molecule has 1 N–H and O–H groups in total. The first kappa shape index (κ1) is 20.2. The predicted octanol–water partition coefficient (Wildman–Crippen LogP) is 5.03. The lowest BCUT2D eigenvalue weighted by Gasteiger charge is -2.19. The molecule has 7 heteroatoms. The van der Waals surface area contributed by atoms with Crippen LogP contribution in [0.25, 0.3) is 22.2 Å². The van der Waals surface area contributed by atoms with Gasteiger partial charge in [-0.25, -0.2) is 17.8 Å². The molecule has 4 rings (SSSR count). The zero-order chi connectivity index (χ0) is 21.6. The van der Waals surface area contributed by atoms with E-state index < -0.39 is 9.84 Å². The summed E-state index contributed by atoms with van der Waals surface area (Å²) >= 11 is 0.